The van der Waals surface area contributed by atoms with Crippen LogP contribution in [0, 0.1) is 0 Å². The van der Waals surface area contributed by atoms with Crippen molar-refractivity contribution in [3.05, 3.63) is 72.8 Å². The summed E-state index contributed by atoms with van der Waals surface area (Å²) in [5, 5.41) is 7.28. The lowest BCUT2D eigenvalue weighted by molar-refractivity contribution is 0.0945. The summed E-state index contributed by atoms with van der Waals surface area (Å²) in [6.45, 7) is 7.05. The number of aromatic nitrogens is 5. The normalized spacial score (nSPS) is 11.3. The van der Waals surface area contributed by atoms with Gasteiger partial charge in [-0.2, -0.15) is 9.67 Å². The number of imidazole rings is 1. The van der Waals surface area contributed by atoms with E-state index < -0.39 is 5.91 Å². The summed E-state index contributed by atoms with van der Waals surface area (Å²) in [7, 11) is 0. The van der Waals surface area contributed by atoms with Crippen molar-refractivity contribution in [1.29, 1.82) is 0 Å². The zero-order valence-electron chi connectivity index (χ0n) is 19.3. The Labute approximate surface area is 197 Å². The first-order valence-corrected chi connectivity index (χ1v) is 10.8. The third-order valence-corrected chi connectivity index (χ3v) is 4.62. The molecule has 4 rings (SSSR count). The number of nitrogens with two attached hydrogens (primary N) is 1. The van der Waals surface area contributed by atoms with Gasteiger partial charge in [-0.3, -0.25) is 4.79 Å². The van der Waals surface area contributed by atoms with Gasteiger partial charge in [0.2, 0.25) is 11.9 Å². The van der Waals surface area contributed by atoms with E-state index in [1.54, 1.807) is 36.8 Å². The molecule has 10 heteroatoms. The van der Waals surface area contributed by atoms with E-state index in [4.69, 9.17) is 15.2 Å². The lowest BCUT2D eigenvalue weighted by Crippen LogP contribution is -2.23. The molecule has 0 spiro atoms. The van der Waals surface area contributed by atoms with E-state index in [2.05, 4.69) is 20.4 Å². The van der Waals surface area contributed by atoms with E-state index in [1.165, 1.54) is 0 Å². The topological polar surface area (TPSA) is 122 Å². The van der Waals surface area contributed by atoms with Crippen LogP contribution in [0.4, 0.5) is 17.6 Å². The number of ether oxygens (including phenoxy) is 2. The minimum Gasteiger partial charge on any atom is -0.492 e. The van der Waals surface area contributed by atoms with Gasteiger partial charge >= 0.3 is 0 Å². The molecule has 34 heavy (non-hydrogen) atoms. The highest BCUT2D eigenvalue weighted by Crippen LogP contribution is 2.22. The second kappa shape index (κ2) is 9.65. The van der Waals surface area contributed by atoms with Crippen LogP contribution < -0.4 is 20.5 Å². The minimum absolute atomic E-state index is 0.0194. The Morgan fingerprint density at radius 3 is 2.62 bits per heavy atom. The fourth-order valence-corrected chi connectivity index (χ4v) is 3.15. The first-order chi connectivity index (χ1) is 16.3. The molecule has 0 atom stereocenters. The van der Waals surface area contributed by atoms with Crippen LogP contribution in [-0.4, -0.2) is 42.4 Å². The predicted molar refractivity (Wildman–Crippen MR) is 128 cm³/mol. The average Bonchev–Trinajstić information content (AvgIpc) is 3.43. The smallest absolute Gasteiger partial charge is 0.281 e. The van der Waals surface area contributed by atoms with Crippen LogP contribution in [0.1, 0.15) is 31.1 Å². The number of benzene rings is 2. The van der Waals surface area contributed by atoms with Crippen molar-refractivity contribution < 1.29 is 14.3 Å². The molecule has 0 aliphatic carbocycles. The van der Waals surface area contributed by atoms with E-state index in [9.17, 15) is 4.79 Å². The number of nitrogen functional groups attached to an aromatic ring is 1. The molecule has 0 saturated heterocycles. The number of rotatable bonds is 8. The number of hydrogen-bond donors (Lipinski definition) is 2. The van der Waals surface area contributed by atoms with Gasteiger partial charge in [0.05, 0.1) is 12.9 Å². The van der Waals surface area contributed by atoms with Gasteiger partial charge in [0, 0.05) is 23.6 Å². The SMILES string of the molecule is CC(C)(C)Oc1cccc(C(=O)n2nc(Nc3ccc(OCCn4ccnc4)cc3)nc2N)c1. The van der Waals surface area contributed by atoms with Crippen molar-refractivity contribution in [2.45, 2.75) is 32.9 Å². The predicted octanol–water partition coefficient (Wildman–Crippen LogP) is 3.75. The molecule has 3 N–H and O–H groups in total. The van der Waals surface area contributed by atoms with E-state index in [0.717, 1.165) is 16.1 Å². The quantitative estimate of drug-likeness (QED) is 0.407. The van der Waals surface area contributed by atoms with E-state index in [1.807, 2.05) is 55.8 Å². The number of hydrogen-bond acceptors (Lipinski definition) is 8. The molecule has 0 bridgehead atoms. The van der Waals surface area contributed by atoms with Gasteiger partial charge < -0.3 is 25.1 Å². The minimum atomic E-state index is -0.404. The highest BCUT2D eigenvalue weighted by molar-refractivity contribution is 5.97. The van der Waals surface area contributed by atoms with E-state index >= 15 is 0 Å². The molecule has 0 radical (unpaired) electrons. The summed E-state index contributed by atoms with van der Waals surface area (Å²) in [4.78, 5) is 21.1. The molecule has 176 valence electrons. The third-order valence-electron chi connectivity index (χ3n) is 4.62. The monoisotopic (exact) mass is 461 g/mol. The molecule has 0 amide bonds. The lowest BCUT2D eigenvalue weighted by atomic mass is 10.1. The summed E-state index contributed by atoms with van der Waals surface area (Å²) in [6, 6.07) is 14.2. The van der Waals surface area contributed by atoms with Crippen molar-refractivity contribution in [3.8, 4) is 11.5 Å². The highest BCUT2D eigenvalue weighted by Gasteiger charge is 2.18. The first kappa shape index (κ1) is 22.8. The Hall–Kier alpha value is -4.34. The third kappa shape index (κ3) is 5.91. The summed E-state index contributed by atoms with van der Waals surface area (Å²) in [6.07, 6.45) is 5.36. The van der Waals surface area contributed by atoms with Gasteiger partial charge in [-0.15, -0.1) is 5.10 Å². The van der Waals surface area contributed by atoms with Gasteiger partial charge in [-0.25, -0.2) is 4.98 Å². The highest BCUT2D eigenvalue weighted by atomic mass is 16.5. The number of carbonyl (C=O) groups is 1. The lowest BCUT2D eigenvalue weighted by Gasteiger charge is -2.21. The van der Waals surface area contributed by atoms with Gasteiger partial charge in [-0.05, 0) is 63.2 Å². The standard InChI is InChI=1S/C24H27N7O3/c1-24(2,3)34-20-6-4-5-17(15-20)21(32)31-22(25)28-23(29-31)27-18-7-9-19(10-8-18)33-14-13-30-12-11-26-16-30/h4-12,15-16H,13-14H2,1-3H3,(H3,25,27,28,29). The average molecular weight is 462 g/mol. The van der Waals surface area contributed by atoms with Crippen LogP contribution in [-0.2, 0) is 6.54 Å². The maximum absolute atomic E-state index is 13.0. The Morgan fingerprint density at radius 2 is 1.91 bits per heavy atom. The molecule has 2 aromatic carbocycles. The van der Waals surface area contributed by atoms with Crippen LogP contribution in [0.5, 0.6) is 11.5 Å². The molecule has 0 fully saturated rings. The Balaban J connectivity index is 1.39. The first-order valence-electron chi connectivity index (χ1n) is 10.8. The van der Waals surface area contributed by atoms with Crippen molar-refractivity contribution in [2.24, 2.45) is 0 Å². The van der Waals surface area contributed by atoms with Crippen LogP contribution >= 0.6 is 0 Å². The van der Waals surface area contributed by atoms with Crippen LogP contribution in [0.2, 0.25) is 0 Å². The zero-order chi connectivity index (χ0) is 24.1. The Morgan fingerprint density at radius 1 is 1.12 bits per heavy atom. The number of anilines is 3. The maximum Gasteiger partial charge on any atom is 0.281 e. The zero-order valence-corrected chi connectivity index (χ0v) is 19.3. The molecule has 0 saturated carbocycles. The molecule has 10 nitrogen and oxygen atoms in total. The summed E-state index contributed by atoms with van der Waals surface area (Å²) < 4.78 is 14.6. The van der Waals surface area contributed by atoms with E-state index in [-0.39, 0.29) is 17.5 Å². The fourth-order valence-electron chi connectivity index (χ4n) is 3.15. The van der Waals surface area contributed by atoms with Crippen molar-refractivity contribution in [1.82, 2.24) is 24.3 Å². The summed E-state index contributed by atoms with van der Waals surface area (Å²) >= 11 is 0. The molecular weight excluding hydrogens is 434 g/mol. The second-order valence-corrected chi connectivity index (χ2v) is 8.55. The molecular formula is C24H27N7O3. The Bertz CT molecular complexity index is 1240. The van der Waals surface area contributed by atoms with Gasteiger partial charge in [0.1, 0.15) is 23.7 Å². The molecule has 0 aliphatic heterocycles. The molecule has 4 aromatic rings. The van der Waals surface area contributed by atoms with Crippen molar-refractivity contribution in [3.63, 3.8) is 0 Å². The van der Waals surface area contributed by atoms with E-state index in [0.29, 0.717) is 24.5 Å². The number of carbonyl (C=O) groups excluding carboxylic acids is 1. The summed E-state index contributed by atoms with van der Waals surface area (Å²) in [5.74, 6) is 1.11. The molecule has 0 unspecified atom stereocenters. The Kier molecular flexibility index (Phi) is 6.48. The largest absolute Gasteiger partial charge is 0.492 e. The fraction of sp³-hybridized carbons (Fsp3) is 0.250. The van der Waals surface area contributed by atoms with Gasteiger partial charge in [0.15, 0.2) is 0 Å². The molecule has 2 aromatic heterocycles. The molecule has 0 aliphatic rings. The number of nitrogens with one attached hydrogen (secondary N) is 1. The van der Waals surface area contributed by atoms with Gasteiger partial charge in [0.25, 0.3) is 5.91 Å². The maximum atomic E-state index is 13.0. The van der Waals surface area contributed by atoms with Crippen LogP contribution in [0.3, 0.4) is 0 Å². The van der Waals surface area contributed by atoms with Crippen molar-refractivity contribution >= 4 is 23.5 Å². The van der Waals surface area contributed by atoms with Crippen molar-refractivity contribution in [2.75, 3.05) is 17.7 Å². The molecule has 2 heterocycles. The van der Waals surface area contributed by atoms with Gasteiger partial charge in [-0.1, -0.05) is 6.07 Å². The van der Waals surface area contributed by atoms with Crippen LogP contribution in [0.25, 0.3) is 0 Å². The second-order valence-electron chi connectivity index (χ2n) is 8.55. The van der Waals surface area contributed by atoms with Crippen LogP contribution in [0.15, 0.2) is 67.3 Å². The summed E-state index contributed by atoms with van der Waals surface area (Å²) in [5.41, 5.74) is 6.70. The number of nitrogens with zero attached hydrogens (tertiary/aromatic N) is 5.